The number of hydrogen-bond donors (Lipinski definition) is 2. The quantitative estimate of drug-likeness (QED) is 0.601. The van der Waals surface area contributed by atoms with Gasteiger partial charge < -0.3 is 20.4 Å². The fraction of sp³-hybridized carbons (Fsp3) is 0.440. The minimum absolute atomic E-state index is 0.116. The van der Waals surface area contributed by atoms with Crippen LogP contribution in [0.5, 0.6) is 5.75 Å². The second-order valence-corrected chi connectivity index (χ2v) is 9.43. The number of rotatable bonds is 5. The van der Waals surface area contributed by atoms with Gasteiger partial charge >= 0.3 is 0 Å². The van der Waals surface area contributed by atoms with Crippen molar-refractivity contribution in [2.24, 2.45) is 4.99 Å². The molecule has 0 bridgehead atoms. The van der Waals surface area contributed by atoms with E-state index in [9.17, 15) is 9.18 Å². The monoisotopic (exact) mass is 498 g/mol. The van der Waals surface area contributed by atoms with Crippen molar-refractivity contribution in [2.75, 3.05) is 19.6 Å². The normalized spacial score (nSPS) is 26.8. The number of aliphatic imine (C=N–C) groups is 1. The summed E-state index contributed by atoms with van der Waals surface area (Å²) in [4.78, 5) is 21.4. The van der Waals surface area contributed by atoms with E-state index in [-0.39, 0.29) is 54.2 Å². The van der Waals surface area contributed by atoms with E-state index in [4.69, 9.17) is 27.0 Å². The van der Waals surface area contributed by atoms with Crippen molar-refractivity contribution >= 4 is 29.4 Å². The highest BCUT2D eigenvalue weighted by atomic mass is 35.5. The van der Waals surface area contributed by atoms with Gasteiger partial charge in [0.15, 0.2) is 0 Å². The van der Waals surface area contributed by atoms with E-state index in [0.29, 0.717) is 35.8 Å². The molecular weight excluding hydrogens is 471 g/mol. The summed E-state index contributed by atoms with van der Waals surface area (Å²) in [6.45, 7) is 4.80. The molecule has 3 aliphatic rings. The van der Waals surface area contributed by atoms with Gasteiger partial charge in [0.1, 0.15) is 23.5 Å². The van der Waals surface area contributed by atoms with Crippen LogP contribution in [0, 0.1) is 22.6 Å². The lowest BCUT2D eigenvalue weighted by atomic mass is 9.92. The molecule has 3 unspecified atom stereocenters. The smallest absolute Gasteiger partial charge is 0.258 e. The summed E-state index contributed by atoms with van der Waals surface area (Å²) in [6, 6.07) is 6.47. The molecule has 2 saturated heterocycles. The number of amides is 1. The van der Waals surface area contributed by atoms with Gasteiger partial charge in [-0.15, -0.1) is 0 Å². The SMILES string of the molecule is CCC1CC(Oc2cc(F)ccc2C(=O)N2CC(=N)/C(=C3/N=CC(Cl)=CN3)C2)CC(C)N1CC#N. The van der Waals surface area contributed by atoms with Gasteiger partial charge in [-0.25, -0.2) is 9.38 Å². The first-order valence-corrected chi connectivity index (χ1v) is 12.0. The lowest BCUT2D eigenvalue weighted by Gasteiger charge is -2.42. The number of halogens is 2. The van der Waals surface area contributed by atoms with E-state index in [1.807, 2.05) is 0 Å². The van der Waals surface area contributed by atoms with E-state index in [1.165, 1.54) is 29.3 Å². The van der Waals surface area contributed by atoms with Gasteiger partial charge in [0.25, 0.3) is 5.91 Å². The number of carbonyl (C=O) groups excluding carboxylic acids is 1. The molecular formula is C25H28ClFN6O2. The molecule has 0 radical (unpaired) electrons. The molecule has 0 spiro atoms. The van der Waals surface area contributed by atoms with Crippen molar-refractivity contribution in [2.45, 2.75) is 51.3 Å². The van der Waals surface area contributed by atoms with Gasteiger partial charge in [0.05, 0.1) is 42.0 Å². The van der Waals surface area contributed by atoms with Gasteiger partial charge in [-0.1, -0.05) is 18.5 Å². The first-order chi connectivity index (χ1) is 16.8. The summed E-state index contributed by atoms with van der Waals surface area (Å²) >= 11 is 5.89. The van der Waals surface area contributed by atoms with Crippen LogP contribution in [-0.2, 0) is 0 Å². The first kappa shape index (κ1) is 24.9. The molecule has 184 valence electrons. The first-order valence-electron chi connectivity index (χ1n) is 11.7. The summed E-state index contributed by atoms with van der Waals surface area (Å²) in [6.07, 6.45) is 5.09. The molecule has 1 aromatic carbocycles. The minimum Gasteiger partial charge on any atom is -0.489 e. The zero-order valence-corrected chi connectivity index (χ0v) is 20.5. The van der Waals surface area contributed by atoms with E-state index in [0.717, 1.165) is 6.42 Å². The Labute approximate surface area is 209 Å². The Bertz CT molecular complexity index is 1160. The number of likely N-dealkylation sites (tertiary alicyclic amines) is 2. The average molecular weight is 499 g/mol. The van der Waals surface area contributed by atoms with Crippen molar-refractivity contribution in [1.82, 2.24) is 15.1 Å². The number of hydrogen-bond acceptors (Lipinski definition) is 7. The van der Waals surface area contributed by atoms with Crippen LogP contribution in [0.1, 0.15) is 43.5 Å². The number of carbonyl (C=O) groups is 1. The lowest BCUT2D eigenvalue weighted by molar-refractivity contribution is 0.0250. The molecule has 0 aromatic heterocycles. The molecule has 3 heterocycles. The molecule has 3 aliphatic heterocycles. The summed E-state index contributed by atoms with van der Waals surface area (Å²) < 4.78 is 20.4. The molecule has 2 fully saturated rings. The van der Waals surface area contributed by atoms with E-state index in [1.54, 1.807) is 6.20 Å². The van der Waals surface area contributed by atoms with Gasteiger partial charge in [0.2, 0.25) is 0 Å². The van der Waals surface area contributed by atoms with Crippen LogP contribution < -0.4 is 10.1 Å². The van der Waals surface area contributed by atoms with Gasteiger partial charge in [0, 0.05) is 36.1 Å². The van der Waals surface area contributed by atoms with E-state index < -0.39 is 5.82 Å². The third kappa shape index (κ3) is 5.39. The fourth-order valence-corrected chi connectivity index (χ4v) is 4.99. The Kier molecular flexibility index (Phi) is 7.53. The Hall–Kier alpha value is -3.22. The van der Waals surface area contributed by atoms with Gasteiger partial charge in [-0.05, 0) is 38.3 Å². The maximum atomic E-state index is 14.2. The number of piperidine rings is 1. The van der Waals surface area contributed by atoms with Crippen molar-refractivity contribution in [3.05, 3.63) is 52.2 Å². The number of nitriles is 1. The second-order valence-electron chi connectivity index (χ2n) is 8.99. The second kappa shape index (κ2) is 10.6. The zero-order chi connectivity index (χ0) is 25.1. The predicted molar refractivity (Wildman–Crippen MR) is 132 cm³/mol. The summed E-state index contributed by atoms with van der Waals surface area (Å²) in [5.41, 5.74) is 1.14. The van der Waals surface area contributed by atoms with Crippen LogP contribution in [0.2, 0.25) is 0 Å². The molecule has 0 aliphatic carbocycles. The fourth-order valence-electron chi connectivity index (χ4n) is 4.89. The minimum atomic E-state index is -0.486. The van der Waals surface area contributed by atoms with Crippen LogP contribution in [0.4, 0.5) is 4.39 Å². The molecule has 8 nitrogen and oxygen atoms in total. The van der Waals surface area contributed by atoms with Crippen molar-refractivity contribution in [3.8, 4) is 11.8 Å². The lowest BCUT2D eigenvalue weighted by Crippen LogP contribution is -2.50. The Morgan fingerprint density at radius 3 is 2.89 bits per heavy atom. The maximum absolute atomic E-state index is 14.2. The van der Waals surface area contributed by atoms with Crippen LogP contribution in [0.25, 0.3) is 0 Å². The number of nitrogens with zero attached hydrogens (tertiary/aromatic N) is 4. The summed E-state index contributed by atoms with van der Waals surface area (Å²) in [7, 11) is 0. The molecule has 10 heteroatoms. The van der Waals surface area contributed by atoms with Gasteiger partial charge in [-0.2, -0.15) is 5.26 Å². The largest absolute Gasteiger partial charge is 0.489 e. The Morgan fingerprint density at radius 2 is 2.20 bits per heavy atom. The molecule has 1 aromatic rings. The Balaban J connectivity index is 1.53. The van der Waals surface area contributed by atoms with Crippen molar-refractivity contribution in [1.29, 1.82) is 10.7 Å². The number of nitrogens with one attached hydrogen (secondary N) is 2. The van der Waals surface area contributed by atoms with Crippen LogP contribution >= 0.6 is 11.6 Å². The topological polar surface area (TPSA) is 105 Å². The molecule has 4 rings (SSSR count). The number of allylic oxidation sites excluding steroid dienone is 1. The standard InChI is InChI=1S/C25H28ClFN6O2/c1-3-18-10-19(8-15(2)33(18)7-6-28)35-23-9-17(27)4-5-20(23)25(34)32-13-21(22(29)14-32)24-30-11-16(26)12-31-24/h4-5,9,11-12,15,18-19,29-30H,3,7-8,10,13-14H2,1-2H3/b24-21+,29-22?. The van der Waals surface area contributed by atoms with Crippen LogP contribution in [0.3, 0.4) is 0 Å². The van der Waals surface area contributed by atoms with E-state index >= 15 is 0 Å². The number of benzene rings is 1. The van der Waals surface area contributed by atoms with Crippen LogP contribution in [-0.4, -0.2) is 65.5 Å². The molecule has 0 saturated carbocycles. The van der Waals surface area contributed by atoms with Crippen molar-refractivity contribution < 1.29 is 13.9 Å². The summed E-state index contributed by atoms with van der Waals surface area (Å²) in [5, 5.41) is 20.9. The maximum Gasteiger partial charge on any atom is 0.258 e. The highest BCUT2D eigenvalue weighted by molar-refractivity contribution is 6.39. The molecule has 1 amide bonds. The zero-order valence-electron chi connectivity index (χ0n) is 19.7. The number of ether oxygens (including phenoxy) is 1. The molecule has 3 atom stereocenters. The Morgan fingerprint density at radius 1 is 1.40 bits per heavy atom. The molecule has 2 N–H and O–H groups in total. The van der Waals surface area contributed by atoms with Crippen molar-refractivity contribution in [3.63, 3.8) is 0 Å². The highest BCUT2D eigenvalue weighted by Crippen LogP contribution is 2.31. The average Bonchev–Trinajstić information content (AvgIpc) is 3.22. The molecule has 35 heavy (non-hydrogen) atoms. The van der Waals surface area contributed by atoms with Gasteiger partial charge in [-0.3, -0.25) is 9.69 Å². The third-order valence-corrected chi connectivity index (χ3v) is 6.87. The predicted octanol–water partition coefficient (Wildman–Crippen LogP) is 3.80. The van der Waals surface area contributed by atoms with Crippen LogP contribution in [0.15, 0.2) is 45.8 Å². The van der Waals surface area contributed by atoms with E-state index in [2.05, 4.69) is 35.1 Å². The highest BCUT2D eigenvalue weighted by Gasteiger charge is 2.35. The summed E-state index contributed by atoms with van der Waals surface area (Å²) in [5.74, 6) is -0.142. The third-order valence-electron chi connectivity index (χ3n) is 6.67.